The van der Waals surface area contributed by atoms with E-state index in [0.29, 0.717) is 5.01 Å². The molecule has 0 saturated heterocycles. The minimum Gasteiger partial charge on any atom is -0.867 e. The molecule has 1 aromatic carbocycles. The normalized spacial score (nSPS) is 11.8. The van der Waals surface area contributed by atoms with Crippen molar-refractivity contribution < 1.29 is 31.8 Å². The van der Waals surface area contributed by atoms with Crippen molar-refractivity contribution >= 4 is 44.8 Å². The third-order valence-corrected chi connectivity index (χ3v) is 3.70. The Bertz CT molecular complexity index is 551. The Morgan fingerprint density at radius 3 is 2.61 bits per heavy atom. The molecule has 2 aromatic rings. The summed E-state index contributed by atoms with van der Waals surface area (Å²) in [4.78, 5) is 14.8. The third-order valence-electron chi connectivity index (χ3n) is 2.26. The number of carboxylic acids is 1. The fourth-order valence-corrected chi connectivity index (χ4v) is 2.81. The number of carbonyl (C=O) groups is 1. The monoisotopic (exact) mass is 324 g/mol. The van der Waals surface area contributed by atoms with Crippen molar-refractivity contribution in [2.24, 2.45) is 0 Å². The number of aromatic nitrogens is 1. The first-order chi connectivity index (χ1) is 8.08. The average molecular weight is 324 g/mol. The van der Waals surface area contributed by atoms with Crippen LogP contribution in [0.15, 0.2) is 24.3 Å². The summed E-state index contributed by atoms with van der Waals surface area (Å²) >= 11 is 5.83. The van der Waals surface area contributed by atoms with E-state index >= 15 is 0 Å². The largest absolute Gasteiger partial charge is 2.00 e. The summed E-state index contributed by atoms with van der Waals surface area (Å²) in [6, 6.07) is 7.35. The van der Waals surface area contributed by atoms with Crippen LogP contribution in [-0.2, 0) is 21.6 Å². The van der Waals surface area contributed by atoms with Gasteiger partial charge in [0.2, 0.25) is 0 Å². The molecule has 0 fully saturated rings. The Morgan fingerprint density at radius 1 is 1.39 bits per heavy atom. The summed E-state index contributed by atoms with van der Waals surface area (Å²) in [6.07, 6.45) is -0.415. The van der Waals surface area contributed by atoms with Crippen LogP contribution in [0, 0.1) is 0 Å². The van der Waals surface area contributed by atoms with Crippen LogP contribution in [0.5, 0.6) is 0 Å². The second-order valence-electron chi connectivity index (χ2n) is 3.47. The van der Waals surface area contributed by atoms with Crippen LogP contribution in [0.2, 0.25) is 0 Å². The van der Waals surface area contributed by atoms with Gasteiger partial charge in [-0.3, -0.25) is 0 Å². The number of fused-ring (bicyclic) bond motifs is 1. The second kappa shape index (κ2) is 6.23. The number of rotatable bonds is 4. The van der Waals surface area contributed by atoms with Gasteiger partial charge in [-0.15, -0.1) is 23.6 Å². The van der Waals surface area contributed by atoms with Gasteiger partial charge in [0.1, 0.15) is 5.01 Å². The van der Waals surface area contributed by atoms with Gasteiger partial charge in [0.15, 0.2) is 0 Å². The smallest absolute Gasteiger partial charge is 0.867 e. The van der Waals surface area contributed by atoms with Crippen molar-refractivity contribution in [2.45, 2.75) is 12.3 Å². The predicted molar refractivity (Wildman–Crippen MR) is 64.6 cm³/mol. The zero-order chi connectivity index (χ0) is 12.4. The Balaban J connectivity index is 0.00000162. The van der Waals surface area contributed by atoms with Crippen LogP contribution in [0.4, 0.5) is 0 Å². The molecule has 1 atom stereocenters. The van der Waals surface area contributed by atoms with Crippen LogP contribution in [0.3, 0.4) is 0 Å². The Morgan fingerprint density at radius 2 is 2.06 bits per heavy atom. The van der Waals surface area contributed by atoms with Gasteiger partial charge in [0.05, 0.1) is 10.2 Å². The molecule has 0 saturated carbocycles. The fraction of sp³-hybridized carbons (Fsp3) is 0.182. The molecule has 7 heteroatoms. The molecule has 0 aliphatic rings. The van der Waals surface area contributed by atoms with Gasteiger partial charge in [0, 0.05) is 11.9 Å². The molecule has 0 amide bonds. The topological polar surface area (TPSA) is 76.1 Å². The molecule has 0 N–H and O–H groups in total. The summed E-state index contributed by atoms with van der Waals surface area (Å²) < 4.78 is 0.905. The van der Waals surface area contributed by atoms with Crippen LogP contribution in [-0.4, -0.2) is 16.0 Å². The van der Waals surface area contributed by atoms with Crippen molar-refractivity contribution in [2.75, 3.05) is 0 Å². The molecule has 1 radical (unpaired) electrons. The molecule has 95 valence electrons. The van der Waals surface area contributed by atoms with Gasteiger partial charge in [-0.25, -0.2) is 4.98 Å². The number of nitrogens with zero attached hydrogens (tertiary/aromatic N) is 1. The minimum atomic E-state index is -1.30. The Hall–Kier alpha value is -1.02. The minimum absolute atomic E-state index is 0. The molecule has 2 rings (SSSR count). The maximum absolute atomic E-state index is 11.2. The number of thiocarbonyl (C=S) groups is 1. The molecule has 18 heavy (non-hydrogen) atoms. The zero-order valence-corrected chi connectivity index (χ0v) is 11.6. The quantitative estimate of drug-likeness (QED) is 0.751. The summed E-state index contributed by atoms with van der Waals surface area (Å²) in [5.74, 6) is -2.18. The maximum Gasteiger partial charge on any atom is 2.00 e. The van der Waals surface area contributed by atoms with Gasteiger partial charge in [-0.1, -0.05) is 17.2 Å². The molecular formula is C11H7CoNO3S2. The van der Waals surface area contributed by atoms with E-state index < -0.39 is 23.4 Å². The molecule has 0 bridgehead atoms. The summed E-state index contributed by atoms with van der Waals surface area (Å²) in [5, 5.41) is 21.6. The van der Waals surface area contributed by atoms with E-state index in [2.05, 4.69) is 17.2 Å². The summed E-state index contributed by atoms with van der Waals surface area (Å²) in [5.41, 5.74) is 0.743. The van der Waals surface area contributed by atoms with E-state index in [9.17, 15) is 15.0 Å². The number of para-hydroxylation sites is 1. The van der Waals surface area contributed by atoms with E-state index in [1.807, 2.05) is 18.2 Å². The molecule has 0 spiro atoms. The van der Waals surface area contributed by atoms with Crippen LogP contribution in [0.25, 0.3) is 10.2 Å². The van der Waals surface area contributed by atoms with E-state index in [-0.39, 0.29) is 16.8 Å². The van der Waals surface area contributed by atoms with E-state index in [0.717, 1.165) is 10.2 Å². The molecule has 1 aromatic heterocycles. The SMILES string of the molecule is O=C([O-])CC(C([O-])=S)c1nc2ccccc2s1.[Co+2]. The zero-order valence-electron chi connectivity index (χ0n) is 8.92. The van der Waals surface area contributed by atoms with Crippen molar-refractivity contribution in [3.05, 3.63) is 29.3 Å². The van der Waals surface area contributed by atoms with E-state index in [1.165, 1.54) is 11.3 Å². The molecule has 0 aliphatic heterocycles. The standard InChI is InChI=1S/C11H9NO3S2.Co/c13-9(14)5-6(11(15)16)10-12-7-3-1-2-4-8(7)17-10;/h1-4,6H,5H2,(H,13,14)(H,15,16);/q;+2/p-2. The number of benzene rings is 1. The summed E-state index contributed by atoms with van der Waals surface area (Å²) in [6.45, 7) is 0. The first kappa shape index (κ1) is 15.0. The van der Waals surface area contributed by atoms with E-state index in [1.54, 1.807) is 6.07 Å². The number of aliphatic carboxylic acids is 1. The molecule has 1 unspecified atom stereocenters. The van der Waals surface area contributed by atoms with E-state index in [4.69, 9.17) is 0 Å². The predicted octanol–water partition coefficient (Wildman–Crippen LogP) is 0.205. The van der Waals surface area contributed by atoms with Gasteiger partial charge < -0.3 is 15.0 Å². The van der Waals surface area contributed by atoms with Gasteiger partial charge in [0.25, 0.3) is 0 Å². The van der Waals surface area contributed by atoms with Crippen molar-refractivity contribution in [3.63, 3.8) is 0 Å². The molecule has 4 nitrogen and oxygen atoms in total. The first-order valence-electron chi connectivity index (χ1n) is 4.84. The maximum atomic E-state index is 11.2. The number of carbonyl (C=O) groups excluding carboxylic acids is 1. The van der Waals surface area contributed by atoms with Gasteiger partial charge >= 0.3 is 16.8 Å². The van der Waals surface area contributed by atoms with Crippen LogP contribution in [0.1, 0.15) is 17.3 Å². The number of thiazole rings is 1. The fourth-order valence-electron chi connectivity index (χ4n) is 1.48. The number of carboxylic acid groups (broad SMARTS) is 1. The number of hydrogen-bond donors (Lipinski definition) is 0. The van der Waals surface area contributed by atoms with Crippen LogP contribution >= 0.6 is 23.6 Å². The van der Waals surface area contributed by atoms with Gasteiger partial charge in [-0.05, 0) is 18.6 Å². The first-order valence-corrected chi connectivity index (χ1v) is 6.06. The third kappa shape index (κ3) is 3.26. The Labute approximate surface area is 123 Å². The second-order valence-corrected chi connectivity index (χ2v) is 4.93. The average Bonchev–Trinajstić information content (AvgIpc) is 2.68. The summed E-state index contributed by atoms with van der Waals surface area (Å²) in [7, 11) is 0. The molecule has 1 heterocycles. The van der Waals surface area contributed by atoms with Gasteiger partial charge in [-0.2, -0.15) is 0 Å². The van der Waals surface area contributed by atoms with Crippen molar-refractivity contribution in [3.8, 4) is 0 Å². The molecular weight excluding hydrogens is 317 g/mol. The van der Waals surface area contributed by atoms with Crippen LogP contribution < -0.4 is 10.2 Å². The van der Waals surface area contributed by atoms with Crippen molar-refractivity contribution in [1.82, 2.24) is 4.98 Å². The number of hydrogen-bond acceptors (Lipinski definition) is 6. The Kier molecular flexibility index (Phi) is 5.21. The van der Waals surface area contributed by atoms with Crippen molar-refractivity contribution in [1.29, 1.82) is 0 Å². The molecule has 0 aliphatic carbocycles.